The zero-order valence-corrected chi connectivity index (χ0v) is 13.9. The van der Waals surface area contributed by atoms with Gasteiger partial charge in [0.25, 0.3) is 5.91 Å². The molecule has 6 nitrogen and oxygen atoms in total. The van der Waals surface area contributed by atoms with Crippen molar-refractivity contribution in [1.29, 1.82) is 0 Å². The summed E-state index contributed by atoms with van der Waals surface area (Å²) in [6.07, 6.45) is -0.737. The largest absolute Gasteiger partial charge is 0.496 e. The second-order valence-electron chi connectivity index (χ2n) is 5.21. The van der Waals surface area contributed by atoms with Crippen LogP contribution >= 0.6 is 0 Å². The first-order valence-electron chi connectivity index (χ1n) is 7.44. The quantitative estimate of drug-likeness (QED) is 0.846. The van der Waals surface area contributed by atoms with Crippen LogP contribution in [0.4, 0.5) is 4.79 Å². The lowest BCUT2D eigenvalue weighted by Gasteiger charge is -2.12. The first kappa shape index (κ1) is 17.3. The summed E-state index contributed by atoms with van der Waals surface area (Å²) in [5, 5.41) is 0. The summed E-state index contributed by atoms with van der Waals surface area (Å²) < 4.78 is 10.2. The van der Waals surface area contributed by atoms with Gasteiger partial charge in [-0.3, -0.25) is 10.2 Å². The summed E-state index contributed by atoms with van der Waals surface area (Å²) in [4.78, 5) is 23.8. The maximum absolute atomic E-state index is 12.0. The predicted octanol–water partition coefficient (Wildman–Crippen LogP) is 2.88. The Morgan fingerprint density at radius 1 is 1.00 bits per heavy atom. The Labute approximate surface area is 140 Å². The van der Waals surface area contributed by atoms with Crippen molar-refractivity contribution in [3.63, 3.8) is 0 Å². The maximum atomic E-state index is 12.0. The number of benzene rings is 2. The Morgan fingerprint density at radius 2 is 1.75 bits per heavy atom. The lowest BCUT2D eigenvalue weighted by atomic mass is 10.0. The number of para-hydroxylation sites is 1. The van der Waals surface area contributed by atoms with Crippen molar-refractivity contribution < 1.29 is 19.1 Å². The van der Waals surface area contributed by atoms with Crippen LogP contribution in [-0.2, 0) is 11.3 Å². The van der Waals surface area contributed by atoms with E-state index < -0.39 is 12.0 Å². The van der Waals surface area contributed by atoms with Crippen LogP contribution in [0.25, 0.3) is 0 Å². The van der Waals surface area contributed by atoms with Crippen molar-refractivity contribution >= 4 is 12.0 Å². The second kappa shape index (κ2) is 8.01. The van der Waals surface area contributed by atoms with E-state index >= 15 is 0 Å². The minimum atomic E-state index is -0.737. The average molecular weight is 328 g/mol. The van der Waals surface area contributed by atoms with Crippen LogP contribution in [0.5, 0.6) is 5.75 Å². The minimum Gasteiger partial charge on any atom is -0.496 e. The third-order valence-corrected chi connectivity index (χ3v) is 3.71. The van der Waals surface area contributed by atoms with Gasteiger partial charge < -0.3 is 9.47 Å². The van der Waals surface area contributed by atoms with Gasteiger partial charge in [0.05, 0.1) is 12.7 Å². The number of amides is 2. The van der Waals surface area contributed by atoms with Gasteiger partial charge >= 0.3 is 6.09 Å². The van der Waals surface area contributed by atoms with Crippen LogP contribution in [0.1, 0.15) is 27.0 Å². The Balaban J connectivity index is 1.87. The molecule has 126 valence electrons. The SMILES string of the molecule is COc1ccccc1C(=O)NNC(=O)OCc1cccc(C)c1C. The molecule has 0 unspecified atom stereocenters. The summed E-state index contributed by atoms with van der Waals surface area (Å²) >= 11 is 0. The predicted molar refractivity (Wildman–Crippen MR) is 89.7 cm³/mol. The summed E-state index contributed by atoms with van der Waals surface area (Å²) in [5.74, 6) is -0.0725. The highest BCUT2D eigenvalue weighted by atomic mass is 16.6. The van der Waals surface area contributed by atoms with Crippen LogP contribution < -0.4 is 15.6 Å². The minimum absolute atomic E-state index is 0.129. The van der Waals surface area contributed by atoms with E-state index in [0.29, 0.717) is 11.3 Å². The standard InChI is InChI=1S/C18H20N2O4/c1-12-7-6-8-14(13(12)2)11-24-18(22)20-19-17(21)15-9-4-5-10-16(15)23-3/h4-10H,11H2,1-3H3,(H,19,21)(H,20,22). The van der Waals surface area contributed by atoms with Gasteiger partial charge in [-0.25, -0.2) is 10.2 Å². The van der Waals surface area contributed by atoms with Gasteiger partial charge in [-0.1, -0.05) is 30.3 Å². The molecular weight excluding hydrogens is 308 g/mol. The first-order chi connectivity index (χ1) is 11.5. The van der Waals surface area contributed by atoms with E-state index in [0.717, 1.165) is 16.7 Å². The van der Waals surface area contributed by atoms with E-state index in [1.807, 2.05) is 32.0 Å². The van der Waals surface area contributed by atoms with E-state index in [4.69, 9.17) is 9.47 Å². The number of carbonyl (C=O) groups is 2. The molecular formula is C18H20N2O4. The van der Waals surface area contributed by atoms with Gasteiger partial charge in [-0.05, 0) is 42.7 Å². The molecule has 24 heavy (non-hydrogen) atoms. The fourth-order valence-corrected chi connectivity index (χ4v) is 2.15. The highest BCUT2D eigenvalue weighted by Gasteiger charge is 2.12. The van der Waals surface area contributed by atoms with Crippen LogP contribution in [0.3, 0.4) is 0 Å². The van der Waals surface area contributed by atoms with Crippen molar-refractivity contribution in [2.24, 2.45) is 0 Å². The molecule has 2 rings (SSSR count). The molecule has 0 bridgehead atoms. The fraction of sp³-hybridized carbons (Fsp3) is 0.222. The summed E-state index contributed by atoms with van der Waals surface area (Å²) in [6, 6.07) is 12.5. The average Bonchev–Trinajstić information content (AvgIpc) is 2.60. The molecule has 0 atom stereocenters. The van der Waals surface area contributed by atoms with E-state index in [1.54, 1.807) is 24.3 Å². The lowest BCUT2D eigenvalue weighted by Crippen LogP contribution is -2.42. The zero-order valence-electron chi connectivity index (χ0n) is 13.9. The highest BCUT2D eigenvalue weighted by molar-refractivity contribution is 5.97. The smallest absolute Gasteiger partial charge is 0.426 e. The van der Waals surface area contributed by atoms with Crippen LogP contribution in [0.2, 0.25) is 0 Å². The molecule has 0 heterocycles. The van der Waals surface area contributed by atoms with Gasteiger partial charge in [-0.2, -0.15) is 0 Å². The molecule has 0 saturated carbocycles. The Kier molecular flexibility index (Phi) is 5.78. The number of hydrogen-bond acceptors (Lipinski definition) is 4. The molecule has 0 radical (unpaired) electrons. The number of aryl methyl sites for hydroxylation is 1. The summed E-state index contributed by atoms with van der Waals surface area (Å²) in [6.45, 7) is 4.09. The number of methoxy groups -OCH3 is 1. The van der Waals surface area contributed by atoms with E-state index in [-0.39, 0.29) is 6.61 Å². The van der Waals surface area contributed by atoms with Crippen LogP contribution in [-0.4, -0.2) is 19.1 Å². The number of hydrazine groups is 1. The number of ether oxygens (including phenoxy) is 2. The highest BCUT2D eigenvalue weighted by Crippen LogP contribution is 2.16. The van der Waals surface area contributed by atoms with Gasteiger partial charge in [0.2, 0.25) is 0 Å². The Morgan fingerprint density at radius 3 is 2.50 bits per heavy atom. The van der Waals surface area contributed by atoms with Crippen molar-refractivity contribution in [2.45, 2.75) is 20.5 Å². The molecule has 0 aliphatic rings. The van der Waals surface area contributed by atoms with Gasteiger partial charge in [0.1, 0.15) is 12.4 Å². The van der Waals surface area contributed by atoms with Gasteiger partial charge in [0, 0.05) is 0 Å². The van der Waals surface area contributed by atoms with Crippen LogP contribution in [0.15, 0.2) is 42.5 Å². The number of carbonyl (C=O) groups excluding carboxylic acids is 2. The molecule has 2 aromatic carbocycles. The van der Waals surface area contributed by atoms with Crippen molar-refractivity contribution in [2.75, 3.05) is 7.11 Å². The van der Waals surface area contributed by atoms with E-state index in [9.17, 15) is 9.59 Å². The van der Waals surface area contributed by atoms with E-state index in [2.05, 4.69) is 10.9 Å². The normalized spacial score (nSPS) is 9.96. The van der Waals surface area contributed by atoms with Gasteiger partial charge in [0.15, 0.2) is 0 Å². The third kappa shape index (κ3) is 4.25. The first-order valence-corrected chi connectivity index (χ1v) is 7.44. The van der Waals surface area contributed by atoms with Crippen molar-refractivity contribution in [3.05, 3.63) is 64.7 Å². The molecule has 0 aromatic heterocycles. The molecule has 0 aliphatic heterocycles. The molecule has 0 spiro atoms. The molecule has 0 fully saturated rings. The lowest BCUT2D eigenvalue weighted by molar-refractivity contribution is 0.0902. The monoisotopic (exact) mass is 328 g/mol. The van der Waals surface area contributed by atoms with Crippen LogP contribution in [0, 0.1) is 13.8 Å². The fourth-order valence-electron chi connectivity index (χ4n) is 2.15. The van der Waals surface area contributed by atoms with Gasteiger partial charge in [-0.15, -0.1) is 0 Å². The molecule has 2 amide bonds. The maximum Gasteiger partial charge on any atom is 0.426 e. The number of nitrogens with one attached hydrogen (secondary N) is 2. The second-order valence-corrected chi connectivity index (χ2v) is 5.21. The Bertz CT molecular complexity index is 744. The zero-order chi connectivity index (χ0) is 17.5. The molecule has 2 N–H and O–H groups in total. The molecule has 0 saturated heterocycles. The molecule has 0 aliphatic carbocycles. The summed E-state index contributed by atoms with van der Waals surface area (Å²) in [7, 11) is 1.47. The third-order valence-electron chi connectivity index (χ3n) is 3.71. The van der Waals surface area contributed by atoms with Crippen molar-refractivity contribution in [1.82, 2.24) is 10.9 Å². The molecule has 2 aromatic rings. The van der Waals surface area contributed by atoms with E-state index in [1.165, 1.54) is 7.11 Å². The molecule has 6 heteroatoms. The summed E-state index contributed by atoms with van der Waals surface area (Å²) in [5.41, 5.74) is 7.94. The topological polar surface area (TPSA) is 76.7 Å². The van der Waals surface area contributed by atoms with Crippen molar-refractivity contribution in [3.8, 4) is 5.75 Å². The number of rotatable bonds is 4. The Hall–Kier alpha value is -3.02. The number of hydrogen-bond donors (Lipinski definition) is 2.